The molecule has 180 valence electrons. The summed E-state index contributed by atoms with van der Waals surface area (Å²) >= 11 is 1.44. The number of hydrogen-bond acceptors (Lipinski definition) is 9. The van der Waals surface area contributed by atoms with Crippen LogP contribution in [0.1, 0.15) is 18.5 Å². The third-order valence-corrected chi connectivity index (χ3v) is 6.19. The van der Waals surface area contributed by atoms with Gasteiger partial charge in [-0.25, -0.2) is 9.97 Å². The highest BCUT2D eigenvalue weighted by Crippen LogP contribution is 2.38. The number of anilines is 4. The summed E-state index contributed by atoms with van der Waals surface area (Å²) in [5.41, 5.74) is 1.73. The Balaban J connectivity index is 1.59. The highest BCUT2D eigenvalue weighted by atomic mass is 32.2. The summed E-state index contributed by atoms with van der Waals surface area (Å²) in [4.78, 5) is 24.5. The maximum atomic E-state index is 12.0. The van der Waals surface area contributed by atoms with Crippen LogP contribution in [0.25, 0.3) is 0 Å². The average molecular weight is 483 g/mol. The largest absolute Gasteiger partial charge is 0.490 e. The SMILES string of the molecule is CNCCN(C)c1nc(Sc2ccc(NC(=O)C3CC3)cc2)nc(Nc2cc(C)[nH]n2)c1OC. The zero-order valence-electron chi connectivity index (χ0n) is 19.8. The van der Waals surface area contributed by atoms with Crippen molar-refractivity contribution in [3.8, 4) is 5.75 Å². The van der Waals surface area contributed by atoms with Crippen LogP contribution < -0.4 is 25.6 Å². The van der Waals surface area contributed by atoms with Gasteiger partial charge in [-0.1, -0.05) is 0 Å². The van der Waals surface area contributed by atoms with Crippen LogP contribution in [0.3, 0.4) is 0 Å². The van der Waals surface area contributed by atoms with E-state index in [0.29, 0.717) is 28.4 Å². The predicted molar refractivity (Wildman–Crippen MR) is 134 cm³/mol. The minimum Gasteiger partial charge on any atom is -0.490 e. The van der Waals surface area contributed by atoms with Crippen molar-refractivity contribution in [2.45, 2.75) is 29.8 Å². The lowest BCUT2D eigenvalue weighted by molar-refractivity contribution is -0.117. The molecule has 10 nitrogen and oxygen atoms in total. The molecule has 4 rings (SSSR count). The second kappa shape index (κ2) is 10.7. The standard InChI is InChI=1S/C23H30N8O2S/c1-14-13-18(30-29-14)26-20-19(33-4)21(31(3)12-11-24-2)28-23(27-20)34-17-9-7-16(8-10-17)25-22(32)15-5-6-15/h7-10,13,15,24H,5-6,11-12H2,1-4H3,(H,25,32)(H2,26,27,28,29,30). The van der Waals surface area contributed by atoms with E-state index in [-0.39, 0.29) is 11.8 Å². The van der Waals surface area contributed by atoms with Gasteiger partial charge in [0, 0.05) is 48.4 Å². The number of benzene rings is 1. The van der Waals surface area contributed by atoms with Crippen LogP contribution in [0.5, 0.6) is 5.75 Å². The van der Waals surface area contributed by atoms with Crippen molar-refractivity contribution in [3.05, 3.63) is 36.0 Å². The van der Waals surface area contributed by atoms with Crippen LogP contribution in [-0.4, -0.2) is 60.4 Å². The minimum atomic E-state index is 0.0949. The fourth-order valence-electron chi connectivity index (χ4n) is 3.29. The summed E-state index contributed by atoms with van der Waals surface area (Å²) in [5.74, 6) is 2.66. The summed E-state index contributed by atoms with van der Waals surface area (Å²) in [6.07, 6.45) is 1.96. The summed E-state index contributed by atoms with van der Waals surface area (Å²) < 4.78 is 5.70. The molecule has 34 heavy (non-hydrogen) atoms. The molecule has 1 aromatic carbocycles. The fourth-order valence-corrected chi connectivity index (χ4v) is 4.04. The van der Waals surface area contributed by atoms with Crippen LogP contribution in [-0.2, 0) is 4.79 Å². The Labute approximate surface area is 203 Å². The molecule has 0 atom stereocenters. The zero-order valence-corrected chi connectivity index (χ0v) is 20.6. The van der Waals surface area contributed by atoms with Gasteiger partial charge in [-0.15, -0.1) is 0 Å². The second-order valence-electron chi connectivity index (χ2n) is 8.19. The molecule has 1 aliphatic rings. The van der Waals surface area contributed by atoms with Crippen molar-refractivity contribution in [1.82, 2.24) is 25.5 Å². The van der Waals surface area contributed by atoms with Crippen LogP contribution in [0.15, 0.2) is 40.4 Å². The van der Waals surface area contributed by atoms with E-state index in [9.17, 15) is 4.79 Å². The molecule has 0 unspecified atom stereocenters. The Morgan fingerprint density at radius 3 is 2.65 bits per heavy atom. The first-order chi connectivity index (χ1) is 16.5. The second-order valence-corrected chi connectivity index (χ2v) is 9.23. The van der Waals surface area contributed by atoms with Crippen molar-refractivity contribution < 1.29 is 9.53 Å². The molecule has 0 bridgehead atoms. The summed E-state index contributed by atoms with van der Waals surface area (Å²) in [5, 5.41) is 17.1. The topological polar surface area (TPSA) is 120 Å². The molecule has 1 saturated carbocycles. The number of rotatable bonds is 11. The normalized spacial score (nSPS) is 12.9. The van der Waals surface area contributed by atoms with E-state index < -0.39 is 0 Å². The molecule has 1 fully saturated rings. The van der Waals surface area contributed by atoms with E-state index in [2.05, 4.69) is 26.1 Å². The van der Waals surface area contributed by atoms with Gasteiger partial charge in [-0.3, -0.25) is 9.89 Å². The van der Waals surface area contributed by atoms with Crippen molar-refractivity contribution >= 4 is 40.8 Å². The van der Waals surface area contributed by atoms with Gasteiger partial charge in [-0.05, 0) is 62.8 Å². The fraction of sp³-hybridized carbons (Fsp3) is 0.391. The summed E-state index contributed by atoms with van der Waals surface area (Å²) in [6, 6.07) is 9.60. The Kier molecular flexibility index (Phi) is 7.53. The van der Waals surface area contributed by atoms with Gasteiger partial charge < -0.3 is 25.6 Å². The lowest BCUT2D eigenvalue weighted by Crippen LogP contribution is -2.28. The smallest absolute Gasteiger partial charge is 0.227 e. The van der Waals surface area contributed by atoms with E-state index in [1.807, 2.05) is 56.3 Å². The van der Waals surface area contributed by atoms with E-state index in [0.717, 1.165) is 42.2 Å². The van der Waals surface area contributed by atoms with Gasteiger partial charge in [0.1, 0.15) is 0 Å². The average Bonchev–Trinajstić information content (AvgIpc) is 3.61. The van der Waals surface area contributed by atoms with E-state index in [4.69, 9.17) is 14.7 Å². The molecule has 3 aromatic rings. The minimum absolute atomic E-state index is 0.0949. The number of ether oxygens (including phenoxy) is 1. The number of carbonyl (C=O) groups is 1. The highest BCUT2D eigenvalue weighted by Gasteiger charge is 2.29. The third kappa shape index (κ3) is 5.97. The first-order valence-electron chi connectivity index (χ1n) is 11.2. The van der Waals surface area contributed by atoms with E-state index in [1.165, 1.54) is 11.8 Å². The molecule has 4 N–H and O–H groups in total. The summed E-state index contributed by atoms with van der Waals surface area (Å²) in [7, 11) is 5.49. The number of methoxy groups -OCH3 is 1. The molecule has 2 aromatic heterocycles. The first kappa shape index (κ1) is 23.8. The molecule has 0 aliphatic heterocycles. The molecular formula is C23H30N8O2S. The Morgan fingerprint density at radius 2 is 2.03 bits per heavy atom. The number of amides is 1. The number of aryl methyl sites for hydroxylation is 1. The van der Waals surface area contributed by atoms with Crippen LogP contribution in [0.4, 0.5) is 23.1 Å². The van der Waals surface area contributed by atoms with Crippen LogP contribution >= 0.6 is 11.8 Å². The number of H-pyrrole nitrogens is 1. The zero-order chi connectivity index (χ0) is 24.1. The number of hydrogen-bond donors (Lipinski definition) is 4. The molecule has 1 aliphatic carbocycles. The lowest BCUT2D eigenvalue weighted by atomic mass is 10.3. The highest BCUT2D eigenvalue weighted by molar-refractivity contribution is 7.99. The van der Waals surface area contributed by atoms with Crippen molar-refractivity contribution in [2.75, 3.05) is 49.8 Å². The van der Waals surface area contributed by atoms with E-state index in [1.54, 1.807) is 7.11 Å². The Morgan fingerprint density at radius 1 is 1.26 bits per heavy atom. The van der Waals surface area contributed by atoms with Crippen molar-refractivity contribution in [3.63, 3.8) is 0 Å². The van der Waals surface area contributed by atoms with Crippen LogP contribution in [0, 0.1) is 12.8 Å². The quantitative estimate of drug-likeness (QED) is 0.305. The Bertz CT molecular complexity index is 1130. The monoisotopic (exact) mass is 482 g/mol. The van der Waals surface area contributed by atoms with Gasteiger partial charge in [-0.2, -0.15) is 5.10 Å². The maximum Gasteiger partial charge on any atom is 0.227 e. The molecule has 0 radical (unpaired) electrons. The number of nitrogens with zero attached hydrogens (tertiary/aromatic N) is 4. The third-order valence-electron chi connectivity index (χ3n) is 5.32. The molecule has 11 heteroatoms. The molecule has 2 heterocycles. The summed E-state index contributed by atoms with van der Waals surface area (Å²) in [6.45, 7) is 3.47. The molecule has 0 saturated heterocycles. The maximum absolute atomic E-state index is 12.0. The van der Waals surface area contributed by atoms with Crippen molar-refractivity contribution in [1.29, 1.82) is 0 Å². The predicted octanol–water partition coefficient (Wildman–Crippen LogP) is 3.42. The van der Waals surface area contributed by atoms with Gasteiger partial charge >= 0.3 is 0 Å². The number of nitrogens with one attached hydrogen (secondary N) is 4. The van der Waals surface area contributed by atoms with Gasteiger partial charge in [0.05, 0.1) is 7.11 Å². The molecular weight excluding hydrogens is 452 g/mol. The van der Waals surface area contributed by atoms with Crippen molar-refractivity contribution in [2.24, 2.45) is 5.92 Å². The van der Waals surface area contributed by atoms with Crippen LogP contribution in [0.2, 0.25) is 0 Å². The number of carbonyl (C=O) groups excluding carboxylic acids is 1. The van der Waals surface area contributed by atoms with E-state index >= 15 is 0 Å². The van der Waals surface area contributed by atoms with Gasteiger partial charge in [0.25, 0.3) is 0 Å². The molecule has 1 amide bonds. The Hall–Kier alpha value is -3.31. The van der Waals surface area contributed by atoms with Gasteiger partial charge in [0.15, 0.2) is 22.6 Å². The van der Waals surface area contributed by atoms with Gasteiger partial charge in [0.2, 0.25) is 11.7 Å². The first-order valence-corrected chi connectivity index (χ1v) is 12.0. The lowest BCUT2D eigenvalue weighted by Gasteiger charge is -2.22. The number of aromatic amines is 1. The number of aromatic nitrogens is 4. The number of likely N-dealkylation sites (N-methyl/N-ethyl adjacent to an activating group) is 2. The molecule has 0 spiro atoms.